The van der Waals surface area contributed by atoms with E-state index in [9.17, 15) is 14.2 Å². The van der Waals surface area contributed by atoms with E-state index in [4.69, 9.17) is 19.6 Å². The second kappa shape index (κ2) is 5.92. The van der Waals surface area contributed by atoms with Gasteiger partial charge in [0.25, 0.3) is 5.08 Å². The molecule has 0 aromatic rings. The van der Waals surface area contributed by atoms with Crippen molar-refractivity contribution in [2.45, 2.75) is 43.7 Å². The van der Waals surface area contributed by atoms with Gasteiger partial charge in [0, 0.05) is 6.04 Å². The zero-order valence-corrected chi connectivity index (χ0v) is 12.5. The molecule has 1 unspecified atom stereocenters. The first-order valence-electron chi connectivity index (χ1n) is 6.10. The van der Waals surface area contributed by atoms with Crippen molar-refractivity contribution >= 4 is 15.2 Å². The number of β-amino-alcohol motifs (C(OH)–C–C–N with tert-alkyl or cyclic N) is 1. The molecule has 0 bridgehead atoms. The summed E-state index contributed by atoms with van der Waals surface area (Å²) in [6.45, 7) is 1.62. The monoisotopic (exact) mass is 317 g/mol. The van der Waals surface area contributed by atoms with Gasteiger partial charge < -0.3 is 24.7 Å². The van der Waals surface area contributed by atoms with Crippen LogP contribution in [-0.4, -0.2) is 53.8 Å². The molecule has 0 amide bonds. The highest BCUT2D eigenvalue weighted by Gasteiger charge is 2.60. The molecule has 0 spiro atoms. The lowest BCUT2D eigenvalue weighted by Gasteiger charge is -2.40. The average molecular weight is 317 g/mol. The van der Waals surface area contributed by atoms with Crippen LogP contribution in [0.2, 0.25) is 0 Å². The van der Waals surface area contributed by atoms with Crippen LogP contribution in [0.15, 0.2) is 0 Å². The Labute approximate surface area is 111 Å². The van der Waals surface area contributed by atoms with Crippen molar-refractivity contribution in [3.8, 4) is 0 Å². The van der Waals surface area contributed by atoms with E-state index in [0.29, 0.717) is 13.0 Å². The molecule has 10 heteroatoms. The second-order valence-electron chi connectivity index (χ2n) is 4.89. The number of hydrogen-bond acceptors (Lipinski definition) is 4. The first-order chi connectivity index (χ1) is 8.53. The van der Waals surface area contributed by atoms with Crippen LogP contribution in [0.1, 0.15) is 32.6 Å². The van der Waals surface area contributed by atoms with Gasteiger partial charge >= 0.3 is 15.2 Å². The van der Waals surface area contributed by atoms with Crippen molar-refractivity contribution in [2.75, 3.05) is 13.1 Å². The third-order valence-electron chi connectivity index (χ3n) is 3.57. The van der Waals surface area contributed by atoms with Gasteiger partial charge in [0.2, 0.25) is 0 Å². The smallest absolute Gasteiger partial charge is 0.367 e. The Morgan fingerprint density at radius 2 is 1.68 bits per heavy atom. The van der Waals surface area contributed by atoms with E-state index in [-0.39, 0.29) is 6.04 Å². The molecule has 114 valence electrons. The highest BCUT2D eigenvalue weighted by Crippen LogP contribution is 2.67. The van der Waals surface area contributed by atoms with Crippen LogP contribution >= 0.6 is 15.2 Å². The van der Waals surface area contributed by atoms with Crippen molar-refractivity contribution in [1.82, 2.24) is 4.90 Å². The maximum Gasteiger partial charge on any atom is 0.370 e. The first kappa shape index (κ1) is 17.3. The van der Waals surface area contributed by atoms with E-state index in [1.807, 2.05) is 6.92 Å². The lowest BCUT2D eigenvalue weighted by molar-refractivity contribution is 0.0521. The van der Waals surface area contributed by atoms with E-state index in [2.05, 4.69) is 0 Å². The summed E-state index contributed by atoms with van der Waals surface area (Å²) < 4.78 is 22.6. The maximum absolute atomic E-state index is 11.3. The molecule has 1 atom stereocenters. The minimum Gasteiger partial charge on any atom is -0.367 e. The van der Waals surface area contributed by atoms with Crippen molar-refractivity contribution in [1.29, 1.82) is 0 Å². The summed E-state index contributed by atoms with van der Waals surface area (Å²) in [5, 5.41) is 6.55. The Morgan fingerprint density at radius 1 is 1.16 bits per heavy atom. The number of likely N-dealkylation sites (tertiary alicyclic amines) is 1. The van der Waals surface area contributed by atoms with Gasteiger partial charge in [-0.3, -0.25) is 14.0 Å². The highest BCUT2D eigenvalue weighted by atomic mass is 31.2. The van der Waals surface area contributed by atoms with Crippen molar-refractivity contribution in [3.63, 3.8) is 0 Å². The molecule has 1 saturated heterocycles. The summed E-state index contributed by atoms with van der Waals surface area (Å²) in [6.07, 6.45) is 3.21. The molecule has 0 aromatic heterocycles. The lowest BCUT2D eigenvalue weighted by atomic mass is 10.0. The van der Waals surface area contributed by atoms with Crippen LogP contribution in [-0.2, 0) is 9.13 Å². The maximum atomic E-state index is 11.3. The fourth-order valence-electron chi connectivity index (χ4n) is 2.36. The van der Waals surface area contributed by atoms with Crippen LogP contribution in [0.4, 0.5) is 0 Å². The van der Waals surface area contributed by atoms with Gasteiger partial charge in [0.15, 0.2) is 0 Å². The number of hydrogen-bond donors (Lipinski definition) is 5. The number of rotatable bonds is 5. The Morgan fingerprint density at radius 3 is 2.11 bits per heavy atom. The second-order valence-corrected chi connectivity index (χ2v) is 8.90. The molecule has 19 heavy (non-hydrogen) atoms. The van der Waals surface area contributed by atoms with Crippen molar-refractivity contribution < 1.29 is 33.8 Å². The highest BCUT2D eigenvalue weighted by molar-refractivity contribution is 7.72. The molecular formula is C9H21NO7P2. The molecule has 0 radical (unpaired) electrons. The minimum absolute atomic E-state index is 0.0293. The summed E-state index contributed by atoms with van der Waals surface area (Å²) in [5.41, 5.74) is 0. The topological polar surface area (TPSA) is 139 Å². The minimum atomic E-state index is -5.36. The zero-order chi connectivity index (χ0) is 14.9. The molecule has 0 aliphatic carbocycles. The number of piperidine rings is 1. The van der Waals surface area contributed by atoms with Gasteiger partial charge in [-0.05, 0) is 25.8 Å². The molecular weight excluding hydrogens is 296 g/mol. The van der Waals surface area contributed by atoms with Crippen LogP contribution in [0.25, 0.3) is 0 Å². The fraction of sp³-hybridized carbons (Fsp3) is 1.00. The molecule has 1 heterocycles. The SMILES string of the molecule is CCC1CCCCN1CC(O)(P(=O)(O)O)P(=O)(O)O. The van der Waals surface area contributed by atoms with E-state index in [1.165, 1.54) is 0 Å². The molecule has 1 aliphatic heterocycles. The third-order valence-corrected chi connectivity index (χ3v) is 7.28. The summed E-state index contributed by atoms with van der Waals surface area (Å²) in [6, 6.07) is -0.0293. The molecule has 5 N–H and O–H groups in total. The molecule has 1 aliphatic rings. The van der Waals surface area contributed by atoms with E-state index in [0.717, 1.165) is 19.3 Å². The largest absolute Gasteiger partial charge is 0.370 e. The Kier molecular flexibility index (Phi) is 5.38. The van der Waals surface area contributed by atoms with Gasteiger partial charge in [-0.2, -0.15) is 0 Å². The van der Waals surface area contributed by atoms with E-state index >= 15 is 0 Å². The molecule has 0 aromatic carbocycles. The predicted molar refractivity (Wildman–Crippen MR) is 68.5 cm³/mol. The van der Waals surface area contributed by atoms with Gasteiger partial charge in [-0.15, -0.1) is 0 Å². The van der Waals surface area contributed by atoms with Gasteiger partial charge in [0.1, 0.15) is 0 Å². The van der Waals surface area contributed by atoms with Crippen molar-refractivity contribution in [3.05, 3.63) is 0 Å². The molecule has 8 nitrogen and oxygen atoms in total. The summed E-state index contributed by atoms with van der Waals surface area (Å²) >= 11 is 0. The summed E-state index contributed by atoms with van der Waals surface area (Å²) in [4.78, 5) is 38.0. The predicted octanol–water partition coefficient (Wildman–Crippen LogP) is 0.252. The zero-order valence-electron chi connectivity index (χ0n) is 10.7. The summed E-state index contributed by atoms with van der Waals surface area (Å²) in [7, 11) is -10.7. The standard InChI is InChI=1S/C9H21NO7P2/c1-2-8-5-3-4-6-10(8)7-9(11,18(12,13)14)19(15,16)17/h8,11H,2-7H2,1H3,(H2,12,13,14)(H2,15,16,17). The molecule has 1 fully saturated rings. The Bertz CT molecular complexity index is 381. The average Bonchev–Trinajstić information content (AvgIpc) is 2.26. The third kappa shape index (κ3) is 3.65. The fourth-order valence-corrected chi connectivity index (χ4v) is 4.45. The van der Waals surface area contributed by atoms with Crippen LogP contribution < -0.4 is 0 Å². The van der Waals surface area contributed by atoms with Crippen LogP contribution in [0.5, 0.6) is 0 Å². The van der Waals surface area contributed by atoms with Crippen LogP contribution in [0.3, 0.4) is 0 Å². The van der Waals surface area contributed by atoms with Gasteiger partial charge in [0.05, 0.1) is 6.54 Å². The number of nitrogens with zero attached hydrogens (tertiary/aromatic N) is 1. The van der Waals surface area contributed by atoms with Gasteiger partial charge in [-0.25, -0.2) is 0 Å². The summed E-state index contributed by atoms with van der Waals surface area (Å²) in [5.74, 6) is 0. The Balaban J connectivity index is 3.02. The normalized spacial score (nSPS) is 23.6. The molecule has 1 rings (SSSR count). The number of aliphatic hydroxyl groups is 1. The first-order valence-corrected chi connectivity index (χ1v) is 9.33. The van der Waals surface area contributed by atoms with Crippen LogP contribution in [0, 0.1) is 0 Å². The lowest BCUT2D eigenvalue weighted by Crippen LogP contribution is -2.48. The van der Waals surface area contributed by atoms with E-state index < -0.39 is 26.8 Å². The van der Waals surface area contributed by atoms with E-state index in [1.54, 1.807) is 4.90 Å². The quantitative estimate of drug-likeness (QED) is 0.455. The van der Waals surface area contributed by atoms with Gasteiger partial charge in [-0.1, -0.05) is 13.3 Å². The Hall–Kier alpha value is 0.220. The van der Waals surface area contributed by atoms with Crippen molar-refractivity contribution in [2.24, 2.45) is 0 Å². The molecule has 0 saturated carbocycles.